The first kappa shape index (κ1) is 21.9. The summed E-state index contributed by atoms with van der Waals surface area (Å²) in [5.74, 6) is 7.27. The second-order valence-corrected chi connectivity index (χ2v) is 17.6. The highest BCUT2D eigenvalue weighted by atomic mass is 28.3. The summed E-state index contributed by atoms with van der Waals surface area (Å²) in [6, 6.07) is 5.88. The van der Waals surface area contributed by atoms with Crippen molar-refractivity contribution in [2.75, 3.05) is 13.2 Å². The van der Waals surface area contributed by atoms with Gasteiger partial charge in [0.15, 0.2) is 0 Å². The minimum atomic E-state index is -1.46. The summed E-state index contributed by atoms with van der Waals surface area (Å²) in [5, 5.41) is 0. The average molecular weight is 388 g/mol. The zero-order valence-electron chi connectivity index (χ0n) is 16.7. The molecule has 0 aliphatic rings. The first-order valence-corrected chi connectivity index (χ1v) is 15.7. The molecule has 1 aromatic rings. The van der Waals surface area contributed by atoms with Gasteiger partial charge in [-0.15, -0.1) is 11.1 Å². The van der Waals surface area contributed by atoms with E-state index in [0.717, 1.165) is 16.9 Å². The predicted octanol–water partition coefficient (Wildman–Crippen LogP) is 4.01. The normalized spacial score (nSPS) is 10.8. The molecule has 4 nitrogen and oxygen atoms in total. The molecule has 0 spiro atoms. The maximum Gasteiger partial charge on any atom is 0.404 e. The van der Waals surface area contributed by atoms with Crippen molar-refractivity contribution in [2.45, 2.75) is 45.7 Å². The Bertz CT molecular complexity index is 703. The van der Waals surface area contributed by atoms with Crippen molar-refractivity contribution in [2.24, 2.45) is 5.73 Å². The smallest absolute Gasteiger partial charge is 0.404 e. The highest BCUT2D eigenvalue weighted by Crippen LogP contribution is 2.17. The molecule has 0 bridgehead atoms. The number of primary amides is 1. The van der Waals surface area contributed by atoms with Crippen LogP contribution in [-0.4, -0.2) is 35.5 Å². The molecule has 1 aromatic carbocycles. The first-order chi connectivity index (χ1) is 11.9. The van der Waals surface area contributed by atoms with Crippen LogP contribution in [0.25, 0.3) is 0 Å². The Kier molecular flexibility index (Phi) is 8.01. The van der Waals surface area contributed by atoms with Crippen molar-refractivity contribution in [3.63, 3.8) is 0 Å². The summed E-state index contributed by atoms with van der Waals surface area (Å²) in [4.78, 5) is 10.6. The van der Waals surface area contributed by atoms with E-state index in [1.807, 2.05) is 18.2 Å². The molecular formula is C20H29NO3Si2. The molecule has 140 valence electrons. The Morgan fingerprint density at radius 2 is 1.42 bits per heavy atom. The van der Waals surface area contributed by atoms with Crippen LogP contribution >= 0.6 is 0 Å². The zero-order chi connectivity index (χ0) is 19.8. The Hall–Kier alpha value is -2.16. The standard InChI is InChI=1S/C20H29NO3Si2/c1-25(2,3)12-8-17-14-18(9-13-26(4,5)6)16-19(15-17)23-10-7-11-24-20(21)22/h14-16H,7,10-11H2,1-6H3,(H2,21,22). The largest absolute Gasteiger partial charge is 0.493 e. The topological polar surface area (TPSA) is 61.6 Å². The second-order valence-electron chi connectivity index (χ2n) is 8.12. The van der Waals surface area contributed by atoms with Gasteiger partial charge in [0.2, 0.25) is 0 Å². The van der Waals surface area contributed by atoms with Gasteiger partial charge in [-0.1, -0.05) is 51.1 Å². The monoisotopic (exact) mass is 387 g/mol. The maximum absolute atomic E-state index is 10.6. The molecular weight excluding hydrogens is 358 g/mol. The number of amides is 1. The predicted molar refractivity (Wildman–Crippen MR) is 113 cm³/mol. The molecule has 0 heterocycles. The molecule has 0 aliphatic carbocycles. The van der Waals surface area contributed by atoms with E-state index in [1.54, 1.807) is 0 Å². The Balaban J connectivity index is 2.97. The van der Waals surface area contributed by atoms with E-state index in [4.69, 9.17) is 15.2 Å². The van der Waals surface area contributed by atoms with Crippen LogP contribution in [0.3, 0.4) is 0 Å². The molecule has 6 heteroatoms. The number of hydrogen-bond donors (Lipinski definition) is 1. The lowest BCUT2D eigenvalue weighted by Crippen LogP contribution is -2.16. The summed E-state index contributed by atoms with van der Waals surface area (Å²) in [6.07, 6.45) is -0.193. The third-order valence-electron chi connectivity index (χ3n) is 2.87. The highest BCUT2D eigenvalue weighted by molar-refractivity contribution is 6.84. The SMILES string of the molecule is C[Si](C)(C)C#Cc1cc(C#C[Si](C)(C)C)cc(OCCCOC(N)=O)c1. The average Bonchev–Trinajstić information content (AvgIpc) is 2.49. The minimum Gasteiger partial charge on any atom is -0.493 e. The van der Waals surface area contributed by atoms with E-state index in [0.29, 0.717) is 13.0 Å². The van der Waals surface area contributed by atoms with Gasteiger partial charge in [0.05, 0.1) is 13.2 Å². The number of carbonyl (C=O) groups excluding carboxylic acids is 1. The number of hydrogen-bond acceptors (Lipinski definition) is 3. The number of nitrogens with two attached hydrogens (primary N) is 1. The quantitative estimate of drug-likeness (QED) is 0.472. The molecule has 0 atom stereocenters. The van der Waals surface area contributed by atoms with Gasteiger partial charge in [0.25, 0.3) is 0 Å². The number of carbonyl (C=O) groups is 1. The molecule has 1 rings (SSSR count). The minimum absolute atomic E-state index is 0.243. The zero-order valence-corrected chi connectivity index (χ0v) is 18.7. The molecule has 0 saturated heterocycles. The fourth-order valence-corrected chi connectivity index (χ4v) is 2.81. The Morgan fingerprint density at radius 1 is 0.923 bits per heavy atom. The second kappa shape index (κ2) is 9.52. The van der Waals surface area contributed by atoms with E-state index in [2.05, 4.69) is 62.2 Å². The van der Waals surface area contributed by atoms with Gasteiger partial charge in [-0.25, -0.2) is 4.79 Å². The summed E-state index contributed by atoms with van der Waals surface area (Å²) in [6.45, 7) is 14.0. The van der Waals surface area contributed by atoms with Crippen LogP contribution in [-0.2, 0) is 4.74 Å². The molecule has 0 aromatic heterocycles. The summed E-state index contributed by atoms with van der Waals surface area (Å²) in [7, 11) is -2.92. The van der Waals surface area contributed by atoms with Gasteiger partial charge in [-0.2, -0.15) is 0 Å². The van der Waals surface area contributed by atoms with E-state index < -0.39 is 22.2 Å². The lowest BCUT2D eigenvalue weighted by molar-refractivity contribution is 0.147. The van der Waals surface area contributed by atoms with Crippen LogP contribution in [0.1, 0.15) is 17.5 Å². The highest BCUT2D eigenvalue weighted by Gasteiger charge is 2.09. The first-order valence-electron chi connectivity index (χ1n) is 8.71. The van der Waals surface area contributed by atoms with Gasteiger partial charge in [-0.05, 0) is 18.2 Å². The lowest BCUT2D eigenvalue weighted by Gasteiger charge is -2.09. The van der Waals surface area contributed by atoms with Gasteiger partial charge < -0.3 is 15.2 Å². The fraction of sp³-hybridized carbons (Fsp3) is 0.450. The molecule has 0 unspecified atom stereocenters. The molecule has 2 N–H and O–H groups in total. The third-order valence-corrected chi connectivity index (χ3v) is 4.62. The van der Waals surface area contributed by atoms with Gasteiger partial charge in [0, 0.05) is 17.5 Å². The maximum atomic E-state index is 10.6. The van der Waals surface area contributed by atoms with Crippen molar-refractivity contribution >= 4 is 22.2 Å². The molecule has 1 amide bonds. The molecule has 0 radical (unpaired) electrons. The van der Waals surface area contributed by atoms with E-state index in [1.165, 1.54) is 0 Å². The fourth-order valence-electron chi connectivity index (χ4n) is 1.77. The van der Waals surface area contributed by atoms with Crippen molar-refractivity contribution in [3.8, 4) is 28.7 Å². The third kappa shape index (κ3) is 10.7. The Labute approximate surface area is 159 Å². The molecule has 0 aliphatic heterocycles. The number of benzene rings is 1. The van der Waals surface area contributed by atoms with Crippen molar-refractivity contribution in [1.82, 2.24) is 0 Å². The van der Waals surface area contributed by atoms with Crippen LogP contribution in [0.5, 0.6) is 5.75 Å². The van der Waals surface area contributed by atoms with Gasteiger partial charge >= 0.3 is 6.09 Å². The van der Waals surface area contributed by atoms with Crippen LogP contribution in [0.15, 0.2) is 18.2 Å². The molecule has 26 heavy (non-hydrogen) atoms. The number of rotatable bonds is 5. The van der Waals surface area contributed by atoms with E-state index >= 15 is 0 Å². The van der Waals surface area contributed by atoms with Gasteiger partial charge in [-0.3, -0.25) is 0 Å². The van der Waals surface area contributed by atoms with Crippen LogP contribution in [0.4, 0.5) is 4.79 Å². The van der Waals surface area contributed by atoms with E-state index in [-0.39, 0.29) is 6.61 Å². The summed E-state index contributed by atoms with van der Waals surface area (Å²) < 4.78 is 10.5. The Morgan fingerprint density at radius 3 is 1.85 bits per heavy atom. The van der Waals surface area contributed by atoms with Crippen molar-refractivity contribution in [3.05, 3.63) is 29.3 Å². The summed E-state index contributed by atoms with van der Waals surface area (Å²) in [5.41, 5.74) is 13.5. The van der Waals surface area contributed by atoms with Gasteiger partial charge in [0.1, 0.15) is 21.9 Å². The molecule has 0 fully saturated rings. The number of ether oxygens (including phenoxy) is 2. The van der Waals surface area contributed by atoms with Crippen LogP contribution in [0, 0.1) is 22.9 Å². The lowest BCUT2D eigenvalue weighted by atomic mass is 10.1. The summed E-state index contributed by atoms with van der Waals surface area (Å²) >= 11 is 0. The van der Waals surface area contributed by atoms with Crippen LogP contribution < -0.4 is 10.5 Å². The van der Waals surface area contributed by atoms with Crippen LogP contribution in [0.2, 0.25) is 39.3 Å². The van der Waals surface area contributed by atoms with Crippen molar-refractivity contribution < 1.29 is 14.3 Å². The van der Waals surface area contributed by atoms with E-state index in [9.17, 15) is 4.79 Å². The van der Waals surface area contributed by atoms with Crippen molar-refractivity contribution in [1.29, 1.82) is 0 Å². The molecule has 0 saturated carbocycles.